The van der Waals surface area contributed by atoms with Gasteiger partial charge in [-0.2, -0.15) is 0 Å². The minimum absolute atomic E-state index is 0.404. The van der Waals surface area contributed by atoms with E-state index >= 15 is 0 Å². The number of rotatable bonds is 2. The molecule has 1 heterocycles. The van der Waals surface area contributed by atoms with Gasteiger partial charge in [-0.25, -0.2) is 0 Å². The third-order valence-electron chi connectivity index (χ3n) is 3.52. The molecule has 0 unspecified atom stereocenters. The van der Waals surface area contributed by atoms with E-state index in [4.69, 9.17) is 4.11 Å². The average molecular weight is 318 g/mol. The zero-order valence-electron chi connectivity index (χ0n) is 15.4. The van der Waals surface area contributed by atoms with E-state index in [1.165, 1.54) is 4.40 Å². The maximum atomic E-state index is 7.54. The first kappa shape index (κ1) is 10.7. The molecule has 2 rings (SSSR count). The van der Waals surface area contributed by atoms with Crippen molar-refractivity contribution in [2.24, 2.45) is 7.05 Å². The van der Waals surface area contributed by atoms with Crippen LogP contribution in [0.3, 0.4) is 0 Å². The summed E-state index contributed by atoms with van der Waals surface area (Å²) < 4.78 is 26.2. The van der Waals surface area contributed by atoms with Gasteiger partial charge in [0.05, 0.1) is 0 Å². The van der Waals surface area contributed by atoms with Gasteiger partial charge in [-0.15, -0.1) is 0 Å². The predicted molar refractivity (Wildman–Crippen MR) is 85.5 cm³/mol. The standard InChI is InChI=1S/C17H24GeN/c1-13-7-8-16(14(2)11-13)17-12-15(18(3,4)5)9-10-19(17)6/h7-12H,1-6H3/q+1/i1D3. The van der Waals surface area contributed by atoms with Gasteiger partial charge in [0, 0.05) is 0 Å². The Morgan fingerprint density at radius 2 is 1.84 bits per heavy atom. The van der Waals surface area contributed by atoms with Crippen molar-refractivity contribution in [3.8, 4) is 11.3 Å². The number of pyridine rings is 1. The molecule has 2 heteroatoms. The van der Waals surface area contributed by atoms with Gasteiger partial charge in [0.15, 0.2) is 0 Å². The second-order valence-electron chi connectivity index (χ2n) is 6.19. The predicted octanol–water partition coefficient (Wildman–Crippen LogP) is 3.34. The van der Waals surface area contributed by atoms with E-state index in [0.717, 1.165) is 16.8 Å². The van der Waals surface area contributed by atoms with Gasteiger partial charge in [-0.1, -0.05) is 0 Å². The topological polar surface area (TPSA) is 3.88 Å². The summed E-state index contributed by atoms with van der Waals surface area (Å²) >= 11 is -1.89. The molecule has 0 aliphatic carbocycles. The Hall–Kier alpha value is -1.09. The molecule has 100 valence electrons. The molecule has 0 radical (unpaired) electrons. The third-order valence-corrected chi connectivity index (χ3v) is 7.80. The van der Waals surface area contributed by atoms with E-state index in [1.807, 2.05) is 20.0 Å². The Balaban J connectivity index is 2.57. The molecule has 0 fully saturated rings. The number of nitrogens with zero attached hydrogens (tertiary/aromatic N) is 1. The van der Waals surface area contributed by atoms with Crippen molar-refractivity contribution in [3.05, 3.63) is 47.7 Å². The fourth-order valence-corrected chi connectivity index (χ4v) is 4.66. The van der Waals surface area contributed by atoms with Crippen LogP contribution in [0.5, 0.6) is 0 Å². The van der Waals surface area contributed by atoms with Crippen LogP contribution >= 0.6 is 0 Å². The molecule has 0 aliphatic heterocycles. The summed E-state index contributed by atoms with van der Waals surface area (Å²) in [6, 6.07) is 9.94. The molecule has 0 N–H and O–H groups in total. The van der Waals surface area contributed by atoms with Crippen LogP contribution in [0, 0.1) is 13.8 Å². The Morgan fingerprint density at radius 1 is 1.11 bits per heavy atom. The first-order valence-corrected chi connectivity index (χ1v) is 14.0. The molecule has 0 spiro atoms. The Kier molecular flexibility index (Phi) is 2.88. The normalized spacial score (nSPS) is 14.7. The van der Waals surface area contributed by atoms with Crippen molar-refractivity contribution in [1.29, 1.82) is 0 Å². The Morgan fingerprint density at radius 3 is 2.42 bits per heavy atom. The van der Waals surface area contributed by atoms with Crippen molar-refractivity contribution in [2.45, 2.75) is 31.0 Å². The van der Waals surface area contributed by atoms with Crippen LogP contribution < -0.4 is 8.96 Å². The Labute approximate surface area is 123 Å². The monoisotopic (exact) mass is 319 g/mol. The van der Waals surface area contributed by atoms with E-state index in [1.54, 1.807) is 12.1 Å². The van der Waals surface area contributed by atoms with Crippen molar-refractivity contribution < 1.29 is 8.68 Å². The van der Waals surface area contributed by atoms with E-state index in [2.05, 4.69) is 40.2 Å². The molecule has 1 aromatic heterocycles. The summed E-state index contributed by atoms with van der Waals surface area (Å²) in [7, 11) is 2.03. The van der Waals surface area contributed by atoms with Crippen molar-refractivity contribution in [1.82, 2.24) is 0 Å². The maximum absolute atomic E-state index is 7.54. The first-order valence-electron chi connectivity index (χ1n) is 8.12. The van der Waals surface area contributed by atoms with Gasteiger partial charge in [-0.05, 0) is 0 Å². The van der Waals surface area contributed by atoms with E-state index in [0.29, 0.717) is 5.56 Å². The van der Waals surface area contributed by atoms with E-state index in [9.17, 15) is 0 Å². The molecule has 0 atom stereocenters. The quantitative estimate of drug-likeness (QED) is 0.591. The molecular weight excluding hydrogens is 291 g/mol. The van der Waals surface area contributed by atoms with Gasteiger partial charge >= 0.3 is 123 Å². The molecular formula is C17H24GeN+. The van der Waals surface area contributed by atoms with Crippen molar-refractivity contribution in [2.75, 3.05) is 0 Å². The molecule has 2 aromatic rings. The fraction of sp³-hybridized carbons (Fsp3) is 0.353. The second-order valence-corrected chi connectivity index (χ2v) is 16.8. The molecule has 1 aromatic carbocycles. The summed E-state index contributed by atoms with van der Waals surface area (Å²) in [6.07, 6.45) is 2.11. The van der Waals surface area contributed by atoms with Crippen LogP contribution in [0.15, 0.2) is 36.5 Å². The zero-order valence-corrected chi connectivity index (χ0v) is 14.5. The van der Waals surface area contributed by atoms with E-state index < -0.39 is 20.1 Å². The number of aromatic nitrogens is 1. The van der Waals surface area contributed by atoms with Crippen molar-refractivity contribution in [3.63, 3.8) is 0 Å². The number of aryl methyl sites for hydroxylation is 3. The molecule has 0 aliphatic rings. The van der Waals surface area contributed by atoms with Gasteiger partial charge < -0.3 is 0 Å². The molecule has 1 nitrogen and oxygen atoms in total. The summed E-state index contributed by atoms with van der Waals surface area (Å²) in [5, 5.41) is 0. The van der Waals surface area contributed by atoms with Crippen molar-refractivity contribution >= 4 is 17.7 Å². The number of benzene rings is 1. The number of hydrogen-bond acceptors (Lipinski definition) is 0. The summed E-state index contributed by atoms with van der Waals surface area (Å²) in [5.74, 6) is 7.14. The van der Waals surface area contributed by atoms with Gasteiger partial charge in [-0.3, -0.25) is 0 Å². The summed E-state index contributed by atoms with van der Waals surface area (Å²) in [5.41, 5.74) is 3.65. The molecule has 19 heavy (non-hydrogen) atoms. The Bertz CT molecular complexity index is 700. The molecule has 0 saturated heterocycles. The number of hydrogen-bond donors (Lipinski definition) is 0. The molecule has 0 bridgehead atoms. The van der Waals surface area contributed by atoms with Crippen LogP contribution in [0.1, 0.15) is 15.2 Å². The summed E-state index contributed by atoms with van der Waals surface area (Å²) in [6.45, 7) is -0.0656. The first-order chi connectivity index (χ1) is 10.00. The van der Waals surface area contributed by atoms with Gasteiger partial charge in [0.1, 0.15) is 0 Å². The van der Waals surface area contributed by atoms with Crippen LogP contribution in [0.2, 0.25) is 17.3 Å². The second kappa shape index (κ2) is 5.12. The van der Waals surface area contributed by atoms with Crippen LogP contribution in [0.25, 0.3) is 11.3 Å². The average Bonchev–Trinajstić information content (AvgIpc) is 2.37. The van der Waals surface area contributed by atoms with Crippen LogP contribution in [0.4, 0.5) is 0 Å². The minimum atomic E-state index is -2.05. The fourth-order valence-electron chi connectivity index (χ4n) is 2.25. The third kappa shape index (κ3) is 3.09. The van der Waals surface area contributed by atoms with Crippen LogP contribution in [-0.4, -0.2) is 13.3 Å². The SMILES string of the molecule is [2H]C([2H])([2H])c1ccc(-c2c[c]([Ge]([CH3])([CH3])[CH3])cc[n+]2C)c(C)c1. The molecule has 0 saturated carbocycles. The summed E-state index contributed by atoms with van der Waals surface area (Å²) in [4.78, 5) is 0. The van der Waals surface area contributed by atoms with E-state index in [-0.39, 0.29) is 0 Å². The van der Waals surface area contributed by atoms with Crippen LogP contribution in [-0.2, 0) is 7.05 Å². The van der Waals surface area contributed by atoms with Gasteiger partial charge in [0.2, 0.25) is 0 Å². The van der Waals surface area contributed by atoms with Gasteiger partial charge in [0.25, 0.3) is 0 Å². The molecule has 0 amide bonds. The zero-order chi connectivity index (χ0) is 16.7.